The lowest BCUT2D eigenvalue weighted by atomic mass is 9.88. The van der Waals surface area contributed by atoms with Crippen molar-refractivity contribution in [2.24, 2.45) is 5.92 Å². The molecule has 1 fully saturated rings. The Balaban J connectivity index is 1.66. The van der Waals surface area contributed by atoms with Crippen molar-refractivity contribution in [3.63, 3.8) is 0 Å². The minimum Gasteiger partial charge on any atom is -0.326 e. The van der Waals surface area contributed by atoms with Gasteiger partial charge in [0.15, 0.2) is 5.82 Å². The number of hydrogen-bond acceptors (Lipinski definition) is 4. The predicted octanol–water partition coefficient (Wildman–Crippen LogP) is 2.55. The normalized spacial score (nSPS) is 15.8. The summed E-state index contributed by atoms with van der Waals surface area (Å²) in [6.45, 7) is 0. The minimum absolute atomic E-state index is 0.0947. The molecule has 3 rings (SSSR count). The Morgan fingerprint density at radius 3 is 2.52 bits per heavy atom. The van der Waals surface area contributed by atoms with Crippen LogP contribution in [0.2, 0.25) is 0 Å². The van der Waals surface area contributed by atoms with Gasteiger partial charge in [0.1, 0.15) is 0 Å². The average molecular weight is 287 g/mol. The first-order valence-electron chi connectivity index (χ1n) is 7.20. The summed E-state index contributed by atoms with van der Waals surface area (Å²) in [5.41, 5.74) is 1.48. The van der Waals surface area contributed by atoms with Crippen molar-refractivity contribution in [2.45, 2.75) is 32.1 Å². The molecule has 1 aromatic carbocycles. The number of nitrogens with one attached hydrogen (secondary N) is 2. The third-order valence-corrected chi connectivity index (χ3v) is 3.84. The molecule has 1 heterocycles. The highest BCUT2D eigenvalue weighted by Gasteiger charge is 2.20. The molecule has 1 aliphatic carbocycles. The van der Waals surface area contributed by atoms with Crippen LogP contribution >= 0.6 is 0 Å². The molecule has 0 saturated heterocycles. The van der Waals surface area contributed by atoms with Crippen LogP contribution in [-0.2, 0) is 4.79 Å². The SMILES string of the molecule is O=C(Nc1ccc(-c2noc(=O)[nH]2)cc1)C1CCCCC1. The van der Waals surface area contributed by atoms with E-state index in [9.17, 15) is 9.59 Å². The van der Waals surface area contributed by atoms with Crippen LogP contribution in [0.3, 0.4) is 0 Å². The molecule has 0 aliphatic heterocycles. The summed E-state index contributed by atoms with van der Waals surface area (Å²) in [7, 11) is 0. The number of nitrogens with zero attached hydrogens (tertiary/aromatic N) is 1. The van der Waals surface area contributed by atoms with Crippen molar-refractivity contribution in [1.29, 1.82) is 0 Å². The zero-order chi connectivity index (χ0) is 14.7. The molecule has 1 saturated carbocycles. The Hall–Kier alpha value is -2.37. The molecule has 110 valence electrons. The number of aromatic nitrogens is 2. The fourth-order valence-corrected chi connectivity index (χ4v) is 2.67. The molecule has 0 unspecified atom stereocenters. The number of anilines is 1. The van der Waals surface area contributed by atoms with Gasteiger partial charge in [-0.15, -0.1) is 0 Å². The van der Waals surface area contributed by atoms with Crippen LogP contribution < -0.4 is 11.1 Å². The van der Waals surface area contributed by atoms with Crippen molar-refractivity contribution >= 4 is 11.6 Å². The Morgan fingerprint density at radius 2 is 1.90 bits per heavy atom. The van der Waals surface area contributed by atoms with Crippen LogP contribution in [0, 0.1) is 5.92 Å². The lowest BCUT2D eigenvalue weighted by molar-refractivity contribution is -0.120. The molecule has 2 aromatic rings. The van der Waals surface area contributed by atoms with Gasteiger partial charge in [0.25, 0.3) is 0 Å². The van der Waals surface area contributed by atoms with Crippen LogP contribution in [0.5, 0.6) is 0 Å². The van der Waals surface area contributed by atoms with Crippen LogP contribution in [0.15, 0.2) is 33.6 Å². The zero-order valence-electron chi connectivity index (χ0n) is 11.6. The van der Waals surface area contributed by atoms with Gasteiger partial charge < -0.3 is 5.32 Å². The molecule has 1 aromatic heterocycles. The van der Waals surface area contributed by atoms with Gasteiger partial charge in [-0.25, -0.2) is 4.79 Å². The van der Waals surface area contributed by atoms with E-state index in [1.165, 1.54) is 6.42 Å². The quantitative estimate of drug-likeness (QED) is 0.908. The molecular formula is C15H17N3O3. The third-order valence-electron chi connectivity index (χ3n) is 3.84. The summed E-state index contributed by atoms with van der Waals surface area (Å²) in [6, 6.07) is 7.15. The predicted molar refractivity (Wildman–Crippen MR) is 77.8 cm³/mol. The van der Waals surface area contributed by atoms with Gasteiger partial charge >= 0.3 is 5.76 Å². The molecule has 0 radical (unpaired) electrons. The van der Waals surface area contributed by atoms with E-state index in [-0.39, 0.29) is 11.8 Å². The average Bonchev–Trinajstić information content (AvgIpc) is 2.95. The number of benzene rings is 1. The second-order valence-corrected chi connectivity index (χ2v) is 5.35. The van der Waals surface area contributed by atoms with Crippen LogP contribution in [0.4, 0.5) is 5.69 Å². The summed E-state index contributed by atoms with van der Waals surface area (Å²) < 4.78 is 4.46. The van der Waals surface area contributed by atoms with E-state index >= 15 is 0 Å². The maximum atomic E-state index is 12.1. The lowest BCUT2D eigenvalue weighted by Gasteiger charge is -2.20. The molecule has 2 N–H and O–H groups in total. The van der Waals surface area contributed by atoms with Gasteiger partial charge in [0, 0.05) is 17.2 Å². The van der Waals surface area contributed by atoms with E-state index in [0.29, 0.717) is 5.82 Å². The van der Waals surface area contributed by atoms with Crippen molar-refractivity contribution in [3.05, 3.63) is 34.8 Å². The first-order valence-corrected chi connectivity index (χ1v) is 7.20. The number of carbonyl (C=O) groups excluding carboxylic acids is 1. The smallest absolute Gasteiger partial charge is 0.326 e. The Bertz CT molecular complexity index is 666. The summed E-state index contributed by atoms with van der Waals surface area (Å²) in [5, 5.41) is 6.56. The van der Waals surface area contributed by atoms with Gasteiger partial charge in [-0.2, -0.15) is 0 Å². The Labute approximate surface area is 121 Å². The maximum absolute atomic E-state index is 12.1. The van der Waals surface area contributed by atoms with Gasteiger partial charge in [-0.1, -0.05) is 24.4 Å². The van der Waals surface area contributed by atoms with Crippen molar-refractivity contribution < 1.29 is 9.32 Å². The topological polar surface area (TPSA) is 88.0 Å². The molecule has 0 bridgehead atoms. The molecule has 0 atom stereocenters. The van der Waals surface area contributed by atoms with Gasteiger partial charge in [0.2, 0.25) is 5.91 Å². The third kappa shape index (κ3) is 3.21. The number of hydrogen-bond donors (Lipinski definition) is 2. The lowest BCUT2D eigenvalue weighted by Crippen LogP contribution is -2.24. The van der Waals surface area contributed by atoms with E-state index in [1.54, 1.807) is 24.3 Å². The largest absolute Gasteiger partial charge is 0.439 e. The van der Waals surface area contributed by atoms with Crippen molar-refractivity contribution in [1.82, 2.24) is 10.1 Å². The number of rotatable bonds is 3. The van der Waals surface area contributed by atoms with E-state index in [1.807, 2.05) is 0 Å². The van der Waals surface area contributed by atoms with E-state index in [2.05, 4.69) is 20.0 Å². The molecular weight excluding hydrogens is 270 g/mol. The minimum atomic E-state index is -0.584. The van der Waals surface area contributed by atoms with E-state index in [0.717, 1.165) is 36.9 Å². The molecule has 1 amide bonds. The molecule has 21 heavy (non-hydrogen) atoms. The number of amides is 1. The molecule has 1 aliphatic rings. The highest BCUT2D eigenvalue weighted by atomic mass is 16.5. The van der Waals surface area contributed by atoms with Crippen LogP contribution in [0.1, 0.15) is 32.1 Å². The van der Waals surface area contributed by atoms with Crippen LogP contribution in [-0.4, -0.2) is 16.0 Å². The molecule has 6 nitrogen and oxygen atoms in total. The summed E-state index contributed by atoms with van der Waals surface area (Å²) in [6.07, 6.45) is 5.45. The van der Waals surface area contributed by atoms with E-state index in [4.69, 9.17) is 0 Å². The second-order valence-electron chi connectivity index (χ2n) is 5.35. The fraction of sp³-hybridized carbons (Fsp3) is 0.400. The zero-order valence-corrected chi connectivity index (χ0v) is 11.6. The first kappa shape index (κ1) is 13.6. The van der Waals surface area contributed by atoms with Crippen molar-refractivity contribution in [3.8, 4) is 11.4 Å². The highest BCUT2D eigenvalue weighted by molar-refractivity contribution is 5.92. The summed E-state index contributed by atoms with van der Waals surface area (Å²) in [5.74, 6) is 0.0208. The Kier molecular flexibility index (Phi) is 3.85. The fourth-order valence-electron chi connectivity index (χ4n) is 2.67. The van der Waals surface area contributed by atoms with E-state index < -0.39 is 5.76 Å². The monoisotopic (exact) mass is 287 g/mol. The molecule has 6 heteroatoms. The Morgan fingerprint density at radius 1 is 1.19 bits per heavy atom. The van der Waals surface area contributed by atoms with Gasteiger partial charge in [-0.05, 0) is 37.1 Å². The highest BCUT2D eigenvalue weighted by Crippen LogP contribution is 2.25. The maximum Gasteiger partial charge on any atom is 0.439 e. The molecule has 0 spiro atoms. The summed E-state index contributed by atoms with van der Waals surface area (Å²) >= 11 is 0. The van der Waals surface area contributed by atoms with Gasteiger partial charge in [0.05, 0.1) is 0 Å². The second kappa shape index (κ2) is 5.95. The number of H-pyrrole nitrogens is 1. The van der Waals surface area contributed by atoms with Crippen LogP contribution in [0.25, 0.3) is 11.4 Å². The van der Waals surface area contributed by atoms with Crippen molar-refractivity contribution in [2.75, 3.05) is 5.32 Å². The number of carbonyl (C=O) groups is 1. The standard InChI is InChI=1S/C15H17N3O3/c19-14(11-4-2-1-3-5-11)16-12-8-6-10(7-9-12)13-17-15(20)21-18-13/h6-9,11H,1-5H2,(H,16,19)(H,17,18,20). The number of aromatic amines is 1. The summed E-state index contributed by atoms with van der Waals surface area (Å²) in [4.78, 5) is 25.5. The van der Waals surface area contributed by atoms with Gasteiger partial charge in [-0.3, -0.25) is 14.3 Å². The first-order chi connectivity index (χ1) is 10.2.